The second-order valence-electron chi connectivity index (χ2n) is 6.49. The molecule has 1 aliphatic heterocycles. The number of aliphatic hydroxyl groups is 1. The maximum atomic E-state index is 12.6. The topological polar surface area (TPSA) is 69.6 Å². The highest BCUT2D eigenvalue weighted by atomic mass is 16.3. The Balaban J connectivity index is 1.93. The number of piperidine rings is 1. The van der Waals surface area contributed by atoms with Gasteiger partial charge in [-0.1, -0.05) is 24.6 Å². The highest BCUT2D eigenvalue weighted by Crippen LogP contribution is 2.19. The lowest BCUT2D eigenvalue weighted by atomic mass is 9.96. The molecular weight excluding hydrogens is 292 g/mol. The lowest BCUT2D eigenvalue weighted by Gasteiger charge is -2.32. The van der Waals surface area contributed by atoms with E-state index < -0.39 is 0 Å². The van der Waals surface area contributed by atoms with E-state index in [-0.39, 0.29) is 30.3 Å². The SMILES string of the molecule is Cc1ccc(C(=O)N2CCC[C@@H](C(=O)NC[C@H](C)CO)C2)cc1. The van der Waals surface area contributed by atoms with Gasteiger partial charge in [-0.05, 0) is 37.8 Å². The van der Waals surface area contributed by atoms with Crippen molar-refractivity contribution in [2.45, 2.75) is 26.7 Å². The summed E-state index contributed by atoms with van der Waals surface area (Å²) in [7, 11) is 0. The minimum absolute atomic E-state index is 0.00812. The summed E-state index contributed by atoms with van der Waals surface area (Å²) in [6, 6.07) is 7.53. The van der Waals surface area contributed by atoms with Gasteiger partial charge in [-0.3, -0.25) is 9.59 Å². The van der Waals surface area contributed by atoms with E-state index in [9.17, 15) is 9.59 Å². The first-order valence-corrected chi connectivity index (χ1v) is 8.25. The average molecular weight is 318 g/mol. The van der Waals surface area contributed by atoms with E-state index in [1.54, 1.807) is 4.90 Å². The number of nitrogens with one attached hydrogen (secondary N) is 1. The third-order valence-corrected chi connectivity index (χ3v) is 4.31. The second kappa shape index (κ2) is 8.11. The fourth-order valence-corrected chi connectivity index (χ4v) is 2.74. The van der Waals surface area contributed by atoms with Crippen molar-refractivity contribution in [1.29, 1.82) is 0 Å². The van der Waals surface area contributed by atoms with Gasteiger partial charge in [-0.25, -0.2) is 0 Å². The van der Waals surface area contributed by atoms with Crippen molar-refractivity contribution < 1.29 is 14.7 Å². The van der Waals surface area contributed by atoms with Gasteiger partial charge in [0.15, 0.2) is 0 Å². The van der Waals surface area contributed by atoms with Crippen LogP contribution >= 0.6 is 0 Å². The van der Waals surface area contributed by atoms with Crippen LogP contribution in [0.3, 0.4) is 0 Å². The number of hydrogen-bond donors (Lipinski definition) is 2. The summed E-state index contributed by atoms with van der Waals surface area (Å²) in [5.74, 6) is -0.144. The molecule has 0 unspecified atom stereocenters. The molecule has 0 bridgehead atoms. The minimum Gasteiger partial charge on any atom is -0.396 e. The average Bonchev–Trinajstić information content (AvgIpc) is 2.59. The predicted octanol–water partition coefficient (Wildman–Crippen LogP) is 1.59. The Morgan fingerprint density at radius 3 is 2.70 bits per heavy atom. The third-order valence-electron chi connectivity index (χ3n) is 4.31. The molecule has 2 amide bonds. The zero-order valence-corrected chi connectivity index (χ0v) is 13.9. The molecule has 23 heavy (non-hydrogen) atoms. The summed E-state index contributed by atoms with van der Waals surface area (Å²) in [6.45, 7) is 5.56. The summed E-state index contributed by atoms with van der Waals surface area (Å²) >= 11 is 0. The van der Waals surface area contributed by atoms with Crippen LogP contribution in [0, 0.1) is 18.8 Å². The Labute approximate surface area is 137 Å². The first-order chi connectivity index (χ1) is 11.0. The molecule has 0 saturated carbocycles. The Hall–Kier alpha value is -1.88. The number of likely N-dealkylation sites (tertiary alicyclic amines) is 1. The number of aliphatic hydroxyl groups excluding tert-OH is 1. The molecule has 2 N–H and O–H groups in total. The number of rotatable bonds is 5. The maximum absolute atomic E-state index is 12.6. The van der Waals surface area contributed by atoms with Gasteiger partial charge in [0.05, 0.1) is 5.92 Å². The zero-order valence-electron chi connectivity index (χ0n) is 13.9. The fraction of sp³-hybridized carbons (Fsp3) is 0.556. The molecule has 0 aliphatic carbocycles. The van der Waals surface area contributed by atoms with Crippen molar-refractivity contribution in [3.8, 4) is 0 Å². The molecule has 1 aromatic carbocycles. The number of carbonyl (C=O) groups is 2. The lowest BCUT2D eigenvalue weighted by molar-refractivity contribution is -0.126. The molecule has 126 valence electrons. The molecule has 0 spiro atoms. The first kappa shape index (κ1) is 17.5. The number of aryl methyl sites for hydroxylation is 1. The Kier molecular flexibility index (Phi) is 6.16. The van der Waals surface area contributed by atoms with Gasteiger partial charge < -0.3 is 15.3 Å². The molecule has 5 heteroatoms. The molecule has 5 nitrogen and oxygen atoms in total. The van der Waals surface area contributed by atoms with Crippen LogP contribution in [-0.4, -0.2) is 48.1 Å². The Morgan fingerprint density at radius 2 is 2.04 bits per heavy atom. The maximum Gasteiger partial charge on any atom is 0.253 e. The standard InChI is InChI=1S/C18H26N2O3/c1-13-5-7-15(8-6-13)18(23)20-9-3-4-16(11-20)17(22)19-10-14(2)12-21/h5-8,14,16,21H,3-4,9-12H2,1-2H3,(H,19,22)/t14-,16+/m0/s1. The Bertz CT molecular complexity index is 542. The van der Waals surface area contributed by atoms with E-state index in [1.165, 1.54) is 0 Å². The van der Waals surface area contributed by atoms with Crippen LogP contribution in [-0.2, 0) is 4.79 Å². The largest absolute Gasteiger partial charge is 0.396 e. The summed E-state index contributed by atoms with van der Waals surface area (Å²) in [4.78, 5) is 26.6. The van der Waals surface area contributed by atoms with Crippen molar-refractivity contribution in [2.75, 3.05) is 26.2 Å². The monoisotopic (exact) mass is 318 g/mol. The molecule has 1 saturated heterocycles. The second-order valence-corrected chi connectivity index (χ2v) is 6.49. The molecule has 1 aliphatic rings. The van der Waals surface area contributed by atoms with Gasteiger partial charge in [-0.15, -0.1) is 0 Å². The number of amides is 2. The van der Waals surface area contributed by atoms with E-state index in [0.717, 1.165) is 18.4 Å². The van der Waals surface area contributed by atoms with Crippen LogP contribution in [0.25, 0.3) is 0 Å². The van der Waals surface area contributed by atoms with E-state index in [1.807, 2.05) is 38.1 Å². The van der Waals surface area contributed by atoms with Crippen molar-refractivity contribution in [3.63, 3.8) is 0 Å². The van der Waals surface area contributed by atoms with Gasteiger partial charge in [0.2, 0.25) is 5.91 Å². The van der Waals surface area contributed by atoms with Gasteiger partial charge >= 0.3 is 0 Å². The summed E-state index contributed by atoms with van der Waals surface area (Å²) in [6.07, 6.45) is 1.64. The van der Waals surface area contributed by atoms with E-state index in [2.05, 4.69) is 5.32 Å². The lowest BCUT2D eigenvalue weighted by Crippen LogP contribution is -2.46. The normalized spacial score (nSPS) is 19.3. The van der Waals surface area contributed by atoms with Gasteiger partial charge in [0.1, 0.15) is 0 Å². The third kappa shape index (κ3) is 4.79. The van der Waals surface area contributed by atoms with Gasteiger partial charge in [0, 0.05) is 31.8 Å². The van der Waals surface area contributed by atoms with Crippen LogP contribution in [0.15, 0.2) is 24.3 Å². The zero-order chi connectivity index (χ0) is 16.8. The molecule has 1 fully saturated rings. The van der Waals surface area contributed by atoms with Crippen LogP contribution in [0.1, 0.15) is 35.7 Å². The summed E-state index contributed by atoms with van der Waals surface area (Å²) < 4.78 is 0. The van der Waals surface area contributed by atoms with Crippen LogP contribution < -0.4 is 5.32 Å². The first-order valence-electron chi connectivity index (χ1n) is 8.25. The quantitative estimate of drug-likeness (QED) is 0.866. The number of hydrogen-bond acceptors (Lipinski definition) is 3. The minimum atomic E-state index is -0.163. The van der Waals surface area contributed by atoms with Crippen molar-refractivity contribution in [2.24, 2.45) is 11.8 Å². The number of benzene rings is 1. The fourth-order valence-electron chi connectivity index (χ4n) is 2.74. The van der Waals surface area contributed by atoms with E-state index >= 15 is 0 Å². The summed E-state index contributed by atoms with van der Waals surface area (Å²) in [5.41, 5.74) is 1.79. The molecule has 1 heterocycles. The van der Waals surface area contributed by atoms with Crippen molar-refractivity contribution in [3.05, 3.63) is 35.4 Å². The van der Waals surface area contributed by atoms with Crippen LogP contribution in [0.5, 0.6) is 0 Å². The van der Waals surface area contributed by atoms with Crippen molar-refractivity contribution >= 4 is 11.8 Å². The summed E-state index contributed by atoms with van der Waals surface area (Å²) in [5, 5.41) is 11.9. The number of nitrogens with zero attached hydrogens (tertiary/aromatic N) is 1. The van der Waals surface area contributed by atoms with Crippen LogP contribution in [0.2, 0.25) is 0 Å². The predicted molar refractivity (Wildman–Crippen MR) is 89.1 cm³/mol. The highest BCUT2D eigenvalue weighted by molar-refractivity contribution is 5.94. The number of carbonyl (C=O) groups excluding carboxylic acids is 2. The van der Waals surface area contributed by atoms with E-state index in [0.29, 0.717) is 25.2 Å². The molecular formula is C18H26N2O3. The van der Waals surface area contributed by atoms with Gasteiger partial charge in [0.25, 0.3) is 5.91 Å². The highest BCUT2D eigenvalue weighted by Gasteiger charge is 2.28. The molecule has 0 aromatic heterocycles. The van der Waals surface area contributed by atoms with Crippen molar-refractivity contribution in [1.82, 2.24) is 10.2 Å². The molecule has 0 radical (unpaired) electrons. The molecule has 2 atom stereocenters. The van der Waals surface area contributed by atoms with E-state index in [4.69, 9.17) is 5.11 Å². The molecule has 1 aromatic rings. The molecule has 2 rings (SSSR count). The smallest absolute Gasteiger partial charge is 0.253 e. The van der Waals surface area contributed by atoms with Crippen LogP contribution in [0.4, 0.5) is 0 Å². The van der Waals surface area contributed by atoms with Gasteiger partial charge in [-0.2, -0.15) is 0 Å². The Morgan fingerprint density at radius 1 is 1.35 bits per heavy atom.